The smallest absolute Gasteiger partial charge is 0.319 e. The Kier molecular flexibility index (Phi) is 5.48. The molecule has 26 heavy (non-hydrogen) atoms. The van der Waals surface area contributed by atoms with Crippen molar-refractivity contribution in [1.82, 2.24) is 20.3 Å². The average molecular weight is 372 g/mol. The quantitative estimate of drug-likeness (QED) is 0.721. The second-order valence-electron chi connectivity index (χ2n) is 5.81. The SMILES string of the molecule is CC[C@@H](Cn1nnc2ccccc2c1=O)NC(=O)Nc1cccc(Cl)c1. The van der Waals surface area contributed by atoms with E-state index in [-0.39, 0.29) is 24.2 Å². The largest absolute Gasteiger partial charge is 0.333 e. The zero-order valence-electron chi connectivity index (χ0n) is 14.1. The topological polar surface area (TPSA) is 88.9 Å². The van der Waals surface area contributed by atoms with Crippen molar-refractivity contribution in [3.05, 3.63) is 63.9 Å². The third kappa shape index (κ3) is 4.18. The van der Waals surface area contributed by atoms with Crippen LogP contribution in [-0.2, 0) is 6.54 Å². The minimum atomic E-state index is -0.374. The fourth-order valence-corrected chi connectivity index (χ4v) is 2.74. The van der Waals surface area contributed by atoms with E-state index in [0.717, 1.165) is 0 Å². The monoisotopic (exact) mass is 371 g/mol. The van der Waals surface area contributed by atoms with Gasteiger partial charge in [0.05, 0.1) is 18.0 Å². The molecular weight excluding hydrogens is 354 g/mol. The molecule has 0 aliphatic rings. The van der Waals surface area contributed by atoms with Crippen LogP contribution in [0.15, 0.2) is 53.3 Å². The van der Waals surface area contributed by atoms with Crippen LogP contribution in [0.4, 0.5) is 10.5 Å². The van der Waals surface area contributed by atoms with Crippen molar-refractivity contribution < 1.29 is 4.79 Å². The summed E-state index contributed by atoms with van der Waals surface area (Å²) < 4.78 is 1.27. The summed E-state index contributed by atoms with van der Waals surface area (Å²) in [6.45, 7) is 2.15. The van der Waals surface area contributed by atoms with Gasteiger partial charge < -0.3 is 10.6 Å². The molecule has 1 atom stereocenters. The second kappa shape index (κ2) is 7.97. The highest BCUT2D eigenvalue weighted by Gasteiger charge is 2.14. The summed E-state index contributed by atoms with van der Waals surface area (Å²) >= 11 is 5.91. The Hall–Kier alpha value is -2.93. The van der Waals surface area contributed by atoms with E-state index in [4.69, 9.17) is 11.6 Å². The molecular formula is C18H18ClN5O2. The summed E-state index contributed by atoms with van der Waals surface area (Å²) in [4.78, 5) is 24.7. The molecule has 0 saturated carbocycles. The van der Waals surface area contributed by atoms with Gasteiger partial charge in [0.2, 0.25) is 0 Å². The number of fused-ring (bicyclic) bond motifs is 1. The summed E-state index contributed by atoms with van der Waals surface area (Å²) in [7, 11) is 0. The van der Waals surface area contributed by atoms with Crippen molar-refractivity contribution in [2.24, 2.45) is 0 Å². The van der Waals surface area contributed by atoms with Crippen LogP contribution >= 0.6 is 11.6 Å². The molecule has 0 radical (unpaired) electrons. The first-order valence-corrected chi connectivity index (χ1v) is 8.60. The number of urea groups is 1. The van der Waals surface area contributed by atoms with Gasteiger partial charge in [-0.1, -0.05) is 41.9 Å². The number of nitrogens with one attached hydrogen (secondary N) is 2. The van der Waals surface area contributed by atoms with Crippen LogP contribution in [0.25, 0.3) is 10.9 Å². The van der Waals surface area contributed by atoms with E-state index in [1.54, 1.807) is 48.5 Å². The van der Waals surface area contributed by atoms with Crippen molar-refractivity contribution in [2.45, 2.75) is 25.9 Å². The van der Waals surface area contributed by atoms with Crippen molar-refractivity contribution in [3.8, 4) is 0 Å². The number of aromatic nitrogens is 3. The Morgan fingerprint density at radius 3 is 2.81 bits per heavy atom. The third-order valence-electron chi connectivity index (χ3n) is 3.93. The Labute approximate surface area is 155 Å². The number of carbonyl (C=O) groups is 1. The lowest BCUT2D eigenvalue weighted by atomic mass is 10.2. The average Bonchev–Trinajstić information content (AvgIpc) is 2.63. The van der Waals surface area contributed by atoms with Crippen LogP contribution in [0.1, 0.15) is 13.3 Å². The standard InChI is InChI=1S/C18H18ClN5O2/c1-2-13(20-18(26)21-14-7-5-6-12(19)10-14)11-24-17(25)15-8-3-4-9-16(15)22-23-24/h3-10,13H,2,11H2,1H3,(H2,20,21,26)/t13-/m0/s1. The van der Waals surface area contributed by atoms with Crippen LogP contribution < -0.4 is 16.2 Å². The molecule has 2 amide bonds. The number of nitrogens with zero attached hydrogens (tertiary/aromatic N) is 3. The molecule has 0 aliphatic heterocycles. The van der Waals surface area contributed by atoms with Gasteiger partial charge in [0.25, 0.3) is 5.56 Å². The highest BCUT2D eigenvalue weighted by atomic mass is 35.5. The minimum Gasteiger partial charge on any atom is -0.333 e. The zero-order valence-corrected chi connectivity index (χ0v) is 14.9. The van der Waals surface area contributed by atoms with E-state index in [1.807, 2.05) is 6.92 Å². The molecule has 1 heterocycles. The van der Waals surface area contributed by atoms with E-state index >= 15 is 0 Å². The molecule has 0 spiro atoms. The molecule has 0 fully saturated rings. The van der Waals surface area contributed by atoms with Gasteiger partial charge in [-0.3, -0.25) is 4.79 Å². The number of anilines is 1. The highest BCUT2D eigenvalue weighted by Crippen LogP contribution is 2.14. The Morgan fingerprint density at radius 2 is 2.04 bits per heavy atom. The first kappa shape index (κ1) is 17.9. The molecule has 0 aliphatic carbocycles. The normalized spacial score (nSPS) is 11.9. The lowest BCUT2D eigenvalue weighted by molar-refractivity contribution is 0.245. The number of carbonyl (C=O) groups excluding carboxylic acids is 1. The van der Waals surface area contributed by atoms with Crippen LogP contribution in [-0.4, -0.2) is 27.1 Å². The van der Waals surface area contributed by atoms with Crippen molar-refractivity contribution in [2.75, 3.05) is 5.32 Å². The number of rotatable bonds is 5. The summed E-state index contributed by atoms with van der Waals surface area (Å²) in [5.41, 5.74) is 0.909. The number of hydrogen-bond acceptors (Lipinski definition) is 4. The van der Waals surface area contributed by atoms with Crippen molar-refractivity contribution in [3.63, 3.8) is 0 Å². The first-order chi connectivity index (χ1) is 12.6. The van der Waals surface area contributed by atoms with Gasteiger partial charge >= 0.3 is 6.03 Å². The third-order valence-corrected chi connectivity index (χ3v) is 4.17. The van der Waals surface area contributed by atoms with Crippen molar-refractivity contribution in [1.29, 1.82) is 0 Å². The molecule has 0 unspecified atom stereocenters. The number of halogens is 1. The van der Waals surface area contributed by atoms with Crippen LogP contribution in [0.3, 0.4) is 0 Å². The predicted molar refractivity (Wildman–Crippen MR) is 101 cm³/mol. The maximum absolute atomic E-state index is 12.5. The number of hydrogen-bond donors (Lipinski definition) is 2. The van der Waals surface area contributed by atoms with Gasteiger partial charge in [0.15, 0.2) is 0 Å². The molecule has 2 aromatic carbocycles. The van der Waals surface area contributed by atoms with E-state index in [1.165, 1.54) is 4.68 Å². The van der Waals surface area contributed by atoms with Gasteiger partial charge in [-0.25, -0.2) is 9.48 Å². The van der Waals surface area contributed by atoms with Gasteiger partial charge in [-0.05, 0) is 36.8 Å². The molecule has 8 heteroatoms. The Morgan fingerprint density at radius 1 is 1.23 bits per heavy atom. The summed E-state index contributed by atoms with van der Waals surface area (Å²) in [6.07, 6.45) is 0.629. The van der Waals surface area contributed by atoms with Gasteiger partial charge in [0.1, 0.15) is 5.52 Å². The van der Waals surface area contributed by atoms with E-state index in [0.29, 0.717) is 28.0 Å². The van der Waals surface area contributed by atoms with Gasteiger partial charge in [-0.15, -0.1) is 5.10 Å². The Balaban J connectivity index is 1.70. The highest BCUT2D eigenvalue weighted by molar-refractivity contribution is 6.30. The number of benzene rings is 2. The predicted octanol–water partition coefficient (Wildman–Crippen LogP) is 3.05. The molecule has 3 rings (SSSR count). The van der Waals surface area contributed by atoms with Gasteiger partial charge in [-0.2, -0.15) is 0 Å². The summed E-state index contributed by atoms with van der Waals surface area (Å²) in [5.74, 6) is 0. The lowest BCUT2D eigenvalue weighted by Gasteiger charge is -2.18. The van der Waals surface area contributed by atoms with E-state index in [2.05, 4.69) is 20.9 Å². The number of amides is 2. The molecule has 7 nitrogen and oxygen atoms in total. The van der Waals surface area contributed by atoms with Crippen LogP contribution in [0.2, 0.25) is 5.02 Å². The maximum atomic E-state index is 12.5. The summed E-state index contributed by atoms with van der Waals surface area (Å²) in [5, 5.41) is 14.6. The first-order valence-electron chi connectivity index (χ1n) is 8.22. The fraction of sp³-hybridized carbons (Fsp3) is 0.222. The zero-order chi connectivity index (χ0) is 18.5. The van der Waals surface area contributed by atoms with Gasteiger partial charge in [0, 0.05) is 10.7 Å². The van der Waals surface area contributed by atoms with Crippen LogP contribution in [0.5, 0.6) is 0 Å². The van der Waals surface area contributed by atoms with Crippen molar-refractivity contribution >= 4 is 34.2 Å². The molecule has 0 saturated heterocycles. The molecule has 3 aromatic rings. The van der Waals surface area contributed by atoms with E-state index in [9.17, 15) is 9.59 Å². The van der Waals surface area contributed by atoms with E-state index < -0.39 is 0 Å². The fourth-order valence-electron chi connectivity index (χ4n) is 2.55. The second-order valence-corrected chi connectivity index (χ2v) is 6.24. The Bertz CT molecular complexity index is 988. The molecule has 1 aromatic heterocycles. The lowest BCUT2D eigenvalue weighted by Crippen LogP contribution is -2.42. The molecule has 2 N–H and O–H groups in total. The summed E-state index contributed by atoms with van der Waals surface area (Å²) in [6, 6.07) is 13.3. The minimum absolute atomic E-state index is 0.230. The molecule has 0 bridgehead atoms. The van der Waals surface area contributed by atoms with Crippen LogP contribution in [0, 0.1) is 0 Å². The molecule has 134 valence electrons. The maximum Gasteiger partial charge on any atom is 0.319 e.